The molecule has 0 bridgehead atoms. The van der Waals surface area contributed by atoms with Gasteiger partial charge in [0.25, 0.3) is 0 Å². The first-order valence-electron chi connectivity index (χ1n) is 10.9. The van der Waals surface area contributed by atoms with Gasteiger partial charge in [-0.1, -0.05) is 12.1 Å². The fourth-order valence-corrected chi connectivity index (χ4v) is 4.22. The number of methoxy groups -OCH3 is 3. The molecule has 1 atom stereocenters. The third-order valence-electron chi connectivity index (χ3n) is 5.61. The lowest BCUT2D eigenvalue weighted by Crippen LogP contribution is -2.48. The molecule has 0 radical (unpaired) electrons. The highest BCUT2D eigenvalue weighted by molar-refractivity contribution is 7.80. The Morgan fingerprint density at radius 3 is 2.35 bits per heavy atom. The molecule has 2 aromatic rings. The molecule has 3 rings (SSSR count). The number of hydrogen-bond acceptors (Lipinski definition) is 7. The summed E-state index contributed by atoms with van der Waals surface area (Å²) in [6.07, 6.45) is -4.57. The zero-order valence-electron chi connectivity index (χ0n) is 20.5. The fourth-order valence-electron chi connectivity index (χ4n) is 3.86. The van der Waals surface area contributed by atoms with Crippen molar-refractivity contribution in [2.75, 3.05) is 39.4 Å². The molecule has 1 aliphatic heterocycles. The second-order valence-corrected chi connectivity index (χ2v) is 8.23. The van der Waals surface area contributed by atoms with Crippen LogP contribution in [0.5, 0.6) is 5.75 Å². The van der Waals surface area contributed by atoms with Crippen LogP contribution >= 0.6 is 12.2 Å². The number of nitrogens with zero attached hydrogens (tertiary/aromatic N) is 1. The van der Waals surface area contributed by atoms with E-state index in [-0.39, 0.29) is 46.6 Å². The Morgan fingerprint density at radius 1 is 1.03 bits per heavy atom. The van der Waals surface area contributed by atoms with Gasteiger partial charge in [-0.05, 0) is 49.5 Å². The van der Waals surface area contributed by atoms with Gasteiger partial charge in [0.05, 0.1) is 43.6 Å². The van der Waals surface area contributed by atoms with E-state index in [0.717, 1.165) is 12.1 Å². The molecule has 0 saturated heterocycles. The van der Waals surface area contributed by atoms with Crippen molar-refractivity contribution in [2.45, 2.75) is 19.1 Å². The van der Waals surface area contributed by atoms with Gasteiger partial charge in [-0.2, -0.15) is 13.2 Å². The standard InChI is InChI=1S/C25H25F3N2O6S/c1-14-20(23(32)35-4)21(18-9-8-15(22(31)34-3)12-19(18)36-11-10-33-2)29-24(37)30(14)17-7-5-6-16(13-17)25(26,27)28/h5-9,12-13,21H,10-11H2,1-4H3,(H,29,37). The van der Waals surface area contributed by atoms with Gasteiger partial charge in [0.1, 0.15) is 12.4 Å². The molecule has 1 N–H and O–H groups in total. The minimum absolute atomic E-state index is 0.0503. The number of carbonyl (C=O) groups excluding carboxylic acids is 2. The van der Waals surface area contributed by atoms with Gasteiger partial charge >= 0.3 is 18.1 Å². The van der Waals surface area contributed by atoms with E-state index in [1.165, 1.54) is 50.5 Å². The second-order valence-electron chi connectivity index (χ2n) is 7.84. The van der Waals surface area contributed by atoms with Crippen molar-refractivity contribution in [3.05, 3.63) is 70.4 Å². The summed E-state index contributed by atoms with van der Waals surface area (Å²) in [5.74, 6) is -1.07. The van der Waals surface area contributed by atoms with Gasteiger partial charge < -0.3 is 24.3 Å². The Kier molecular flexibility index (Phi) is 8.77. The van der Waals surface area contributed by atoms with Gasteiger partial charge in [-0.25, -0.2) is 9.59 Å². The summed E-state index contributed by atoms with van der Waals surface area (Å²) < 4.78 is 60.7. The van der Waals surface area contributed by atoms with Crippen LogP contribution in [-0.4, -0.2) is 51.6 Å². The summed E-state index contributed by atoms with van der Waals surface area (Å²) in [6, 6.07) is 8.23. The van der Waals surface area contributed by atoms with E-state index in [4.69, 9.17) is 31.2 Å². The molecular formula is C25H25F3N2O6S. The van der Waals surface area contributed by atoms with Crippen LogP contribution in [0.1, 0.15) is 34.5 Å². The summed E-state index contributed by atoms with van der Waals surface area (Å²) in [6.45, 7) is 1.94. The molecule has 1 aliphatic rings. The lowest BCUT2D eigenvalue weighted by molar-refractivity contribution is -0.138. The minimum Gasteiger partial charge on any atom is -0.491 e. The minimum atomic E-state index is -4.57. The van der Waals surface area contributed by atoms with Crippen molar-refractivity contribution in [1.29, 1.82) is 0 Å². The van der Waals surface area contributed by atoms with Gasteiger partial charge in [0, 0.05) is 24.1 Å². The number of alkyl halides is 3. The van der Waals surface area contributed by atoms with Crippen LogP contribution in [0.4, 0.5) is 18.9 Å². The molecule has 0 amide bonds. The SMILES string of the molecule is COCCOc1cc(C(=O)OC)ccc1C1NC(=S)N(c2cccc(C(F)(F)F)c2)C(C)=C1C(=O)OC. The van der Waals surface area contributed by atoms with Crippen LogP contribution < -0.4 is 15.0 Å². The van der Waals surface area contributed by atoms with Crippen molar-refractivity contribution in [2.24, 2.45) is 0 Å². The lowest BCUT2D eigenvalue weighted by atomic mass is 9.93. The van der Waals surface area contributed by atoms with E-state index >= 15 is 0 Å². The Labute approximate surface area is 216 Å². The molecule has 1 heterocycles. The molecule has 8 nitrogen and oxygen atoms in total. The first kappa shape index (κ1) is 27.9. The zero-order chi connectivity index (χ0) is 27.3. The van der Waals surface area contributed by atoms with Crippen LogP contribution in [0.15, 0.2) is 53.7 Å². The first-order valence-corrected chi connectivity index (χ1v) is 11.3. The summed E-state index contributed by atoms with van der Waals surface area (Å²) in [5, 5.41) is 3.07. The quantitative estimate of drug-likeness (QED) is 0.299. The maximum absolute atomic E-state index is 13.4. The smallest absolute Gasteiger partial charge is 0.416 e. The molecule has 12 heteroatoms. The van der Waals surface area contributed by atoms with Crippen LogP contribution in [-0.2, 0) is 25.2 Å². The van der Waals surface area contributed by atoms with Crippen molar-refractivity contribution < 1.29 is 41.7 Å². The highest BCUT2D eigenvalue weighted by Crippen LogP contribution is 2.39. The average Bonchev–Trinajstić information content (AvgIpc) is 2.87. The van der Waals surface area contributed by atoms with Crippen LogP contribution in [0.3, 0.4) is 0 Å². The van der Waals surface area contributed by atoms with E-state index in [1.54, 1.807) is 13.0 Å². The maximum atomic E-state index is 13.4. The number of allylic oxidation sites excluding steroid dienone is 1. The summed E-state index contributed by atoms with van der Waals surface area (Å²) >= 11 is 5.52. The molecule has 37 heavy (non-hydrogen) atoms. The van der Waals surface area contributed by atoms with Gasteiger partial charge in [-0.15, -0.1) is 0 Å². The molecule has 0 saturated carbocycles. The molecular weight excluding hydrogens is 513 g/mol. The number of esters is 2. The number of thiocarbonyl (C=S) groups is 1. The average molecular weight is 539 g/mol. The van der Waals surface area contributed by atoms with Crippen molar-refractivity contribution in [3.8, 4) is 5.75 Å². The highest BCUT2D eigenvalue weighted by atomic mass is 32.1. The molecule has 0 aliphatic carbocycles. The molecule has 198 valence electrons. The predicted molar refractivity (Wildman–Crippen MR) is 132 cm³/mol. The summed E-state index contributed by atoms with van der Waals surface area (Å²) in [5.41, 5.74) is 0.255. The monoisotopic (exact) mass is 538 g/mol. The van der Waals surface area contributed by atoms with Crippen LogP contribution in [0.25, 0.3) is 0 Å². The summed E-state index contributed by atoms with van der Waals surface area (Å²) in [7, 11) is 3.93. The van der Waals surface area contributed by atoms with Gasteiger partial charge in [-0.3, -0.25) is 4.90 Å². The maximum Gasteiger partial charge on any atom is 0.416 e. The normalized spacial score (nSPS) is 15.8. The number of rotatable bonds is 8. The lowest BCUT2D eigenvalue weighted by Gasteiger charge is -2.38. The first-order chi connectivity index (χ1) is 17.5. The zero-order valence-corrected chi connectivity index (χ0v) is 21.3. The molecule has 0 spiro atoms. The van der Waals surface area contributed by atoms with Crippen molar-refractivity contribution in [1.82, 2.24) is 5.32 Å². The fraction of sp³-hybridized carbons (Fsp3) is 0.320. The number of halogens is 3. The Hall–Kier alpha value is -3.64. The highest BCUT2D eigenvalue weighted by Gasteiger charge is 2.38. The molecule has 0 fully saturated rings. The number of ether oxygens (including phenoxy) is 4. The van der Waals surface area contributed by atoms with E-state index < -0.39 is 29.7 Å². The molecule has 0 aromatic heterocycles. The molecule has 2 aromatic carbocycles. The molecule has 1 unspecified atom stereocenters. The largest absolute Gasteiger partial charge is 0.491 e. The van der Waals surface area contributed by atoms with Crippen molar-refractivity contribution >= 4 is 35.0 Å². The van der Waals surface area contributed by atoms with Gasteiger partial charge in [0.2, 0.25) is 0 Å². The third-order valence-corrected chi connectivity index (χ3v) is 5.91. The Balaban J connectivity index is 2.16. The number of benzene rings is 2. The van der Waals surface area contributed by atoms with E-state index in [0.29, 0.717) is 5.56 Å². The van der Waals surface area contributed by atoms with Crippen molar-refractivity contribution in [3.63, 3.8) is 0 Å². The van der Waals surface area contributed by atoms with E-state index in [2.05, 4.69) is 5.32 Å². The Bertz CT molecular complexity index is 1230. The number of anilines is 1. The number of carbonyl (C=O) groups is 2. The topological polar surface area (TPSA) is 86.3 Å². The van der Waals surface area contributed by atoms with E-state index in [9.17, 15) is 22.8 Å². The van der Waals surface area contributed by atoms with Gasteiger partial charge in [0.15, 0.2) is 5.11 Å². The third kappa shape index (κ3) is 6.03. The predicted octanol–water partition coefficient (Wildman–Crippen LogP) is 4.40. The van der Waals surface area contributed by atoms with Crippen LogP contribution in [0, 0.1) is 0 Å². The second kappa shape index (κ2) is 11.6. The van der Waals surface area contributed by atoms with E-state index in [1.807, 2.05) is 0 Å². The summed E-state index contributed by atoms with van der Waals surface area (Å²) in [4.78, 5) is 26.4. The number of nitrogens with one attached hydrogen (secondary N) is 1. The van der Waals surface area contributed by atoms with Crippen LogP contribution in [0.2, 0.25) is 0 Å². The Morgan fingerprint density at radius 2 is 1.73 bits per heavy atom. The number of hydrogen-bond donors (Lipinski definition) is 1.